The minimum atomic E-state index is -0.556. The van der Waals surface area contributed by atoms with Crippen molar-refractivity contribution in [1.29, 1.82) is 0 Å². The Morgan fingerprint density at radius 3 is 2.95 bits per heavy atom. The molecule has 1 N–H and O–H groups in total. The van der Waals surface area contributed by atoms with Crippen LogP contribution >= 0.6 is 11.6 Å². The number of anilines is 1. The van der Waals surface area contributed by atoms with E-state index in [1.54, 1.807) is 12.1 Å². The Morgan fingerprint density at radius 1 is 1.47 bits per heavy atom. The van der Waals surface area contributed by atoms with Gasteiger partial charge in [-0.2, -0.15) is 0 Å². The molecule has 0 spiro atoms. The highest BCUT2D eigenvalue weighted by atomic mass is 35.5. The molecule has 0 saturated carbocycles. The van der Waals surface area contributed by atoms with Gasteiger partial charge in [-0.15, -0.1) is 0 Å². The molecule has 1 heterocycles. The summed E-state index contributed by atoms with van der Waals surface area (Å²) >= 11 is 5.74. The molecule has 4 nitrogen and oxygen atoms in total. The number of rotatable bonds is 4. The number of benzene rings is 1. The van der Waals surface area contributed by atoms with E-state index < -0.39 is 11.8 Å². The van der Waals surface area contributed by atoms with E-state index >= 15 is 0 Å². The van der Waals surface area contributed by atoms with Crippen LogP contribution < -0.4 is 5.32 Å². The zero-order valence-electron chi connectivity index (χ0n) is 10.1. The molecule has 1 aromatic carbocycles. The molecule has 0 bridgehead atoms. The van der Waals surface area contributed by atoms with Crippen molar-refractivity contribution in [2.45, 2.75) is 6.54 Å². The maximum Gasteiger partial charge on any atom is 0.374 e. The Balaban J connectivity index is 2.10. The molecule has 0 aliphatic carbocycles. The normalized spacial score (nSPS) is 10.3. The fourth-order valence-electron chi connectivity index (χ4n) is 1.60. The van der Waals surface area contributed by atoms with Crippen molar-refractivity contribution in [1.82, 2.24) is 0 Å². The Kier molecular flexibility index (Phi) is 4.06. The van der Waals surface area contributed by atoms with E-state index in [2.05, 4.69) is 10.1 Å². The molecule has 0 atom stereocenters. The summed E-state index contributed by atoms with van der Waals surface area (Å²) in [5, 5.41) is 3.25. The van der Waals surface area contributed by atoms with Gasteiger partial charge in [-0.3, -0.25) is 0 Å². The topological polar surface area (TPSA) is 51.5 Å². The average Bonchev–Trinajstić information content (AvgIpc) is 2.82. The molecule has 19 heavy (non-hydrogen) atoms. The van der Waals surface area contributed by atoms with E-state index in [4.69, 9.17) is 16.0 Å². The first-order valence-corrected chi connectivity index (χ1v) is 5.82. The van der Waals surface area contributed by atoms with Gasteiger partial charge in [-0.05, 0) is 24.3 Å². The quantitative estimate of drug-likeness (QED) is 0.873. The third-order valence-electron chi connectivity index (χ3n) is 2.46. The molecule has 0 radical (unpaired) electrons. The average molecular weight is 284 g/mol. The number of hydrogen-bond acceptors (Lipinski definition) is 4. The summed E-state index contributed by atoms with van der Waals surface area (Å²) in [6.07, 6.45) is 1.39. The largest absolute Gasteiger partial charge is 0.463 e. The van der Waals surface area contributed by atoms with Gasteiger partial charge in [0.25, 0.3) is 0 Å². The molecule has 2 aromatic rings. The number of carbonyl (C=O) groups excluding carboxylic acids is 1. The van der Waals surface area contributed by atoms with Crippen molar-refractivity contribution in [2.24, 2.45) is 0 Å². The van der Waals surface area contributed by atoms with Crippen molar-refractivity contribution in [3.63, 3.8) is 0 Å². The molecular weight excluding hydrogens is 273 g/mol. The van der Waals surface area contributed by atoms with Crippen molar-refractivity contribution in [2.75, 3.05) is 12.4 Å². The van der Waals surface area contributed by atoms with Crippen LogP contribution in [0.4, 0.5) is 10.1 Å². The molecule has 0 aliphatic rings. The minimum Gasteiger partial charge on any atom is -0.463 e. The summed E-state index contributed by atoms with van der Waals surface area (Å²) in [5.41, 5.74) is 1.13. The predicted molar refractivity (Wildman–Crippen MR) is 68.8 cm³/mol. The first-order chi connectivity index (χ1) is 9.10. The second-order valence-corrected chi connectivity index (χ2v) is 4.21. The first kappa shape index (κ1) is 13.4. The lowest BCUT2D eigenvalue weighted by molar-refractivity contribution is 0.0563. The van der Waals surface area contributed by atoms with Crippen LogP contribution in [0.3, 0.4) is 0 Å². The molecular formula is C13H11ClFNO3. The van der Waals surface area contributed by atoms with Crippen molar-refractivity contribution in [3.8, 4) is 0 Å². The Labute approximate surface area is 114 Å². The first-order valence-electron chi connectivity index (χ1n) is 5.45. The molecule has 0 aliphatic heterocycles. The molecule has 0 fully saturated rings. The predicted octanol–water partition coefficient (Wildman–Crippen LogP) is 3.47. The van der Waals surface area contributed by atoms with Gasteiger partial charge in [0.2, 0.25) is 5.76 Å². The van der Waals surface area contributed by atoms with Gasteiger partial charge in [-0.25, -0.2) is 9.18 Å². The second-order valence-electron chi connectivity index (χ2n) is 3.78. The van der Waals surface area contributed by atoms with Crippen LogP contribution in [0.25, 0.3) is 0 Å². The number of furan rings is 1. The summed E-state index contributed by atoms with van der Waals surface area (Å²) in [6, 6.07) is 5.75. The zero-order chi connectivity index (χ0) is 13.8. The van der Waals surface area contributed by atoms with Crippen LogP contribution in [0.1, 0.15) is 16.1 Å². The summed E-state index contributed by atoms with van der Waals surface area (Å²) < 4.78 is 22.8. The molecule has 0 amide bonds. The molecule has 2 rings (SSSR count). The van der Waals surface area contributed by atoms with Gasteiger partial charge in [0.15, 0.2) is 0 Å². The number of carbonyl (C=O) groups is 1. The van der Waals surface area contributed by atoms with E-state index in [-0.39, 0.29) is 5.76 Å². The van der Waals surface area contributed by atoms with Crippen LogP contribution in [0, 0.1) is 5.82 Å². The van der Waals surface area contributed by atoms with E-state index in [9.17, 15) is 9.18 Å². The monoisotopic (exact) mass is 283 g/mol. The van der Waals surface area contributed by atoms with Crippen LogP contribution in [0.2, 0.25) is 5.02 Å². The summed E-state index contributed by atoms with van der Waals surface area (Å²) in [7, 11) is 1.27. The van der Waals surface area contributed by atoms with Crippen molar-refractivity contribution in [3.05, 3.63) is 52.7 Å². The van der Waals surface area contributed by atoms with E-state index in [0.29, 0.717) is 22.8 Å². The lowest BCUT2D eigenvalue weighted by Gasteiger charge is -2.06. The zero-order valence-corrected chi connectivity index (χ0v) is 10.8. The standard InChI is InChI=1S/C13H11ClFNO3/c1-18-13(17)12-8(2-3-19-12)7-16-11-5-9(14)4-10(15)6-11/h2-6,16H,7H2,1H3. The van der Waals surface area contributed by atoms with Gasteiger partial charge >= 0.3 is 5.97 Å². The summed E-state index contributed by atoms with van der Waals surface area (Å²) in [5.74, 6) is -0.869. The van der Waals surface area contributed by atoms with Gasteiger partial charge < -0.3 is 14.5 Å². The summed E-state index contributed by atoms with van der Waals surface area (Å²) in [4.78, 5) is 11.4. The smallest absolute Gasteiger partial charge is 0.374 e. The fourth-order valence-corrected chi connectivity index (χ4v) is 1.82. The number of nitrogens with one attached hydrogen (secondary N) is 1. The van der Waals surface area contributed by atoms with Crippen LogP contribution in [0.15, 0.2) is 34.9 Å². The van der Waals surface area contributed by atoms with E-state index in [1.165, 1.54) is 25.5 Å². The lowest BCUT2D eigenvalue weighted by atomic mass is 10.2. The van der Waals surface area contributed by atoms with Gasteiger partial charge in [0.1, 0.15) is 5.82 Å². The number of methoxy groups -OCH3 is 1. The molecule has 0 unspecified atom stereocenters. The third-order valence-corrected chi connectivity index (χ3v) is 2.68. The second kappa shape index (κ2) is 5.75. The summed E-state index contributed by atoms with van der Waals surface area (Å²) in [6.45, 7) is 0.292. The number of halogens is 2. The lowest BCUT2D eigenvalue weighted by Crippen LogP contribution is -2.06. The Bertz CT molecular complexity index is 577. The minimum absolute atomic E-state index is 0.123. The Morgan fingerprint density at radius 2 is 2.26 bits per heavy atom. The molecule has 1 aromatic heterocycles. The van der Waals surface area contributed by atoms with Crippen molar-refractivity contribution < 1.29 is 18.3 Å². The maximum atomic E-state index is 13.1. The van der Waals surface area contributed by atoms with Gasteiger partial charge in [0, 0.05) is 22.8 Å². The number of hydrogen-bond donors (Lipinski definition) is 1. The highest BCUT2D eigenvalue weighted by molar-refractivity contribution is 6.30. The highest BCUT2D eigenvalue weighted by Gasteiger charge is 2.15. The van der Waals surface area contributed by atoms with Gasteiger partial charge in [0.05, 0.1) is 13.4 Å². The van der Waals surface area contributed by atoms with Gasteiger partial charge in [-0.1, -0.05) is 11.6 Å². The molecule has 100 valence electrons. The Hall–Kier alpha value is -2.01. The van der Waals surface area contributed by atoms with Crippen LogP contribution in [0.5, 0.6) is 0 Å². The highest BCUT2D eigenvalue weighted by Crippen LogP contribution is 2.20. The maximum absolute atomic E-state index is 13.1. The van der Waals surface area contributed by atoms with E-state index in [1.807, 2.05) is 0 Å². The number of ether oxygens (including phenoxy) is 1. The fraction of sp³-hybridized carbons (Fsp3) is 0.154. The van der Waals surface area contributed by atoms with Crippen molar-refractivity contribution >= 4 is 23.3 Å². The molecule has 0 saturated heterocycles. The van der Waals surface area contributed by atoms with Crippen LogP contribution in [-0.4, -0.2) is 13.1 Å². The SMILES string of the molecule is COC(=O)c1occc1CNc1cc(F)cc(Cl)c1. The van der Waals surface area contributed by atoms with E-state index in [0.717, 1.165) is 0 Å². The molecule has 6 heteroatoms. The third kappa shape index (κ3) is 3.26. The number of esters is 1. The van der Waals surface area contributed by atoms with Crippen LogP contribution in [-0.2, 0) is 11.3 Å².